The normalized spacial score (nSPS) is 10.6. The molecule has 0 aliphatic heterocycles. The molecule has 0 atom stereocenters. The smallest absolute Gasteiger partial charge is 0.347 e. The van der Waals surface area contributed by atoms with E-state index >= 15 is 0 Å². The molecule has 2 aromatic rings. The molecular weight excluding hydrogens is 412 g/mol. The highest BCUT2D eigenvalue weighted by molar-refractivity contribution is 9.10. The van der Waals surface area contributed by atoms with Gasteiger partial charge in [0.05, 0.1) is 10.6 Å². The summed E-state index contributed by atoms with van der Waals surface area (Å²) in [4.78, 5) is 12.5. The molecule has 0 bridgehead atoms. The molecule has 22 heavy (non-hydrogen) atoms. The quantitative estimate of drug-likeness (QED) is 0.475. The van der Waals surface area contributed by atoms with Gasteiger partial charge in [0.25, 0.3) is 0 Å². The summed E-state index contributed by atoms with van der Waals surface area (Å²) >= 11 is 6.77. The SMILES string of the molecule is Cc1ccc(OC(=O)c2cc(Br)ccc2OC(C)C)c(Br)c1. The summed E-state index contributed by atoms with van der Waals surface area (Å²) < 4.78 is 12.7. The van der Waals surface area contributed by atoms with E-state index in [1.807, 2.05) is 39.0 Å². The van der Waals surface area contributed by atoms with Crippen LogP contribution in [-0.2, 0) is 0 Å². The van der Waals surface area contributed by atoms with Crippen LogP contribution >= 0.6 is 31.9 Å². The Kier molecular flexibility index (Phi) is 5.64. The first-order valence-corrected chi connectivity index (χ1v) is 8.40. The number of hydrogen-bond donors (Lipinski definition) is 0. The molecule has 116 valence electrons. The van der Waals surface area contributed by atoms with Crippen LogP contribution in [0.15, 0.2) is 45.3 Å². The van der Waals surface area contributed by atoms with E-state index in [1.54, 1.807) is 18.2 Å². The van der Waals surface area contributed by atoms with E-state index in [4.69, 9.17) is 9.47 Å². The summed E-state index contributed by atoms with van der Waals surface area (Å²) in [5.74, 6) is 0.527. The maximum Gasteiger partial charge on any atom is 0.347 e. The van der Waals surface area contributed by atoms with Gasteiger partial charge >= 0.3 is 5.97 Å². The number of esters is 1. The molecule has 0 aliphatic rings. The third-order valence-corrected chi connectivity index (χ3v) is 3.93. The molecule has 2 rings (SSSR count). The fraction of sp³-hybridized carbons (Fsp3) is 0.235. The van der Waals surface area contributed by atoms with Crippen molar-refractivity contribution in [3.8, 4) is 11.5 Å². The minimum atomic E-state index is -0.457. The van der Waals surface area contributed by atoms with Crippen LogP contribution in [0, 0.1) is 6.92 Å². The maximum absolute atomic E-state index is 12.5. The van der Waals surface area contributed by atoms with Gasteiger partial charge in [-0.3, -0.25) is 0 Å². The first kappa shape index (κ1) is 17.0. The molecule has 0 N–H and O–H groups in total. The van der Waals surface area contributed by atoms with Gasteiger partial charge in [0.15, 0.2) is 0 Å². The monoisotopic (exact) mass is 426 g/mol. The zero-order valence-corrected chi connectivity index (χ0v) is 15.7. The van der Waals surface area contributed by atoms with Gasteiger partial charge in [-0.25, -0.2) is 4.79 Å². The van der Waals surface area contributed by atoms with Crippen LogP contribution in [-0.4, -0.2) is 12.1 Å². The van der Waals surface area contributed by atoms with Crippen molar-refractivity contribution in [3.63, 3.8) is 0 Å². The molecule has 2 aromatic carbocycles. The van der Waals surface area contributed by atoms with Crippen molar-refractivity contribution in [2.24, 2.45) is 0 Å². The summed E-state index contributed by atoms with van der Waals surface area (Å²) in [6.45, 7) is 5.79. The van der Waals surface area contributed by atoms with Crippen molar-refractivity contribution in [2.45, 2.75) is 26.9 Å². The van der Waals surface area contributed by atoms with Crippen LogP contribution < -0.4 is 9.47 Å². The summed E-state index contributed by atoms with van der Waals surface area (Å²) in [5.41, 5.74) is 1.47. The van der Waals surface area contributed by atoms with Gasteiger partial charge in [0, 0.05) is 4.47 Å². The summed E-state index contributed by atoms with van der Waals surface area (Å²) in [6, 6.07) is 10.8. The zero-order chi connectivity index (χ0) is 16.3. The van der Waals surface area contributed by atoms with E-state index in [-0.39, 0.29) is 6.10 Å². The Morgan fingerprint density at radius 2 is 1.73 bits per heavy atom. The van der Waals surface area contributed by atoms with E-state index in [0.717, 1.165) is 14.5 Å². The predicted molar refractivity (Wildman–Crippen MR) is 93.7 cm³/mol. The van der Waals surface area contributed by atoms with Crippen LogP contribution in [0.25, 0.3) is 0 Å². The second kappa shape index (κ2) is 7.29. The predicted octanol–water partition coefficient (Wildman–Crippen LogP) is 5.53. The maximum atomic E-state index is 12.5. The van der Waals surface area contributed by atoms with E-state index < -0.39 is 5.97 Å². The Balaban J connectivity index is 2.30. The molecule has 3 nitrogen and oxygen atoms in total. The van der Waals surface area contributed by atoms with E-state index in [2.05, 4.69) is 31.9 Å². The number of halogens is 2. The lowest BCUT2D eigenvalue weighted by Gasteiger charge is -2.14. The lowest BCUT2D eigenvalue weighted by Crippen LogP contribution is -2.14. The molecule has 0 amide bonds. The number of carbonyl (C=O) groups is 1. The Bertz CT molecular complexity index is 696. The van der Waals surface area contributed by atoms with Gasteiger partial charge in [0.2, 0.25) is 0 Å². The molecule has 0 aliphatic carbocycles. The molecular formula is C17H16Br2O3. The molecule has 0 saturated heterocycles. The van der Waals surface area contributed by atoms with Crippen molar-refractivity contribution in [1.29, 1.82) is 0 Å². The summed E-state index contributed by atoms with van der Waals surface area (Å²) in [6.07, 6.45) is -0.0289. The summed E-state index contributed by atoms with van der Waals surface area (Å²) in [5, 5.41) is 0. The molecule has 0 saturated carbocycles. The van der Waals surface area contributed by atoms with Gasteiger partial charge < -0.3 is 9.47 Å². The van der Waals surface area contributed by atoms with Crippen LogP contribution in [0.4, 0.5) is 0 Å². The molecule has 0 fully saturated rings. The molecule has 0 spiro atoms. The third kappa shape index (κ3) is 4.34. The van der Waals surface area contributed by atoms with E-state index in [1.165, 1.54) is 0 Å². The lowest BCUT2D eigenvalue weighted by atomic mass is 10.2. The van der Waals surface area contributed by atoms with Crippen molar-refractivity contribution in [3.05, 3.63) is 56.5 Å². The number of benzene rings is 2. The highest BCUT2D eigenvalue weighted by Crippen LogP contribution is 2.29. The minimum Gasteiger partial charge on any atom is -0.490 e. The van der Waals surface area contributed by atoms with Crippen LogP contribution in [0.2, 0.25) is 0 Å². The van der Waals surface area contributed by atoms with Gasteiger partial charge in [-0.05, 0) is 72.6 Å². The average Bonchev–Trinajstić information content (AvgIpc) is 2.43. The number of ether oxygens (including phenoxy) is 2. The van der Waals surface area contributed by atoms with Crippen molar-refractivity contribution in [1.82, 2.24) is 0 Å². The largest absolute Gasteiger partial charge is 0.490 e. The lowest BCUT2D eigenvalue weighted by molar-refractivity contribution is 0.0727. The van der Waals surface area contributed by atoms with E-state index in [0.29, 0.717) is 17.1 Å². The molecule has 0 heterocycles. The molecule has 5 heteroatoms. The fourth-order valence-electron chi connectivity index (χ4n) is 1.86. The van der Waals surface area contributed by atoms with Gasteiger partial charge in [-0.1, -0.05) is 22.0 Å². The third-order valence-electron chi connectivity index (χ3n) is 2.81. The molecule has 0 radical (unpaired) electrons. The number of carbonyl (C=O) groups excluding carboxylic acids is 1. The minimum absolute atomic E-state index is 0.0289. The van der Waals surface area contributed by atoms with Crippen LogP contribution in [0.5, 0.6) is 11.5 Å². The number of hydrogen-bond acceptors (Lipinski definition) is 3. The van der Waals surface area contributed by atoms with Gasteiger partial charge in [-0.2, -0.15) is 0 Å². The van der Waals surface area contributed by atoms with Gasteiger partial charge in [-0.15, -0.1) is 0 Å². The average molecular weight is 428 g/mol. The number of rotatable bonds is 4. The first-order chi connectivity index (χ1) is 10.4. The molecule has 0 unspecified atom stereocenters. The van der Waals surface area contributed by atoms with Crippen LogP contribution in [0.3, 0.4) is 0 Å². The Labute approximate surface area is 146 Å². The first-order valence-electron chi connectivity index (χ1n) is 6.81. The topological polar surface area (TPSA) is 35.5 Å². The highest BCUT2D eigenvalue weighted by atomic mass is 79.9. The second-order valence-electron chi connectivity index (χ2n) is 5.13. The Morgan fingerprint density at radius 1 is 1.05 bits per heavy atom. The highest BCUT2D eigenvalue weighted by Gasteiger charge is 2.17. The van der Waals surface area contributed by atoms with Crippen LogP contribution in [0.1, 0.15) is 29.8 Å². The number of aryl methyl sites for hydroxylation is 1. The standard InChI is InChI=1S/C17H16Br2O3/c1-10(2)21-15-7-5-12(18)9-13(15)17(20)22-16-6-4-11(3)8-14(16)19/h4-10H,1-3H3. The van der Waals surface area contributed by atoms with Crippen molar-refractivity contribution < 1.29 is 14.3 Å². The second-order valence-corrected chi connectivity index (χ2v) is 6.90. The van der Waals surface area contributed by atoms with Crippen molar-refractivity contribution >= 4 is 37.8 Å². The summed E-state index contributed by atoms with van der Waals surface area (Å²) in [7, 11) is 0. The van der Waals surface area contributed by atoms with Gasteiger partial charge in [0.1, 0.15) is 17.1 Å². The Hall–Kier alpha value is -1.33. The molecule has 0 aromatic heterocycles. The van der Waals surface area contributed by atoms with Crippen molar-refractivity contribution in [2.75, 3.05) is 0 Å². The van der Waals surface area contributed by atoms with E-state index in [9.17, 15) is 4.79 Å². The fourth-order valence-corrected chi connectivity index (χ4v) is 2.80. The zero-order valence-electron chi connectivity index (χ0n) is 12.5. The Morgan fingerprint density at radius 3 is 2.36 bits per heavy atom.